The van der Waals surface area contributed by atoms with Gasteiger partial charge in [0.05, 0.1) is 13.7 Å². The molecule has 36 heavy (non-hydrogen) atoms. The Morgan fingerprint density at radius 1 is 0.944 bits per heavy atom. The first-order valence-electron chi connectivity index (χ1n) is 12.3. The summed E-state index contributed by atoms with van der Waals surface area (Å²) in [6.45, 7) is 6.41. The molecule has 0 saturated carbocycles. The first-order chi connectivity index (χ1) is 17.6. The van der Waals surface area contributed by atoms with Crippen LogP contribution in [0.4, 0.5) is 0 Å². The number of para-hydroxylation sites is 2. The van der Waals surface area contributed by atoms with Gasteiger partial charge in [-0.05, 0) is 29.3 Å². The van der Waals surface area contributed by atoms with Crippen molar-refractivity contribution >= 4 is 22.7 Å². The third-order valence-corrected chi connectivity index (χ3v) is 6.00. The Morgan fingerprint density at radius 2 is 1.56 bits per heavy atom. The van der Waals surface area contributed by atoms with E-state index in [9.17, 15) is 9.59 Å². The summed E-state index contributed by atoms with van der Waals surface area (Å²) in [4.78, 5) is 30.0. The quantitative estimate of drug-likeness (QED) is 0.402. The van der Waals surface area contributed by atoms with Gasteiger partial charge in [0.15, 0.2) is 0 Å². The van der Waals surface area contributed by atoms with Gasteiger partial charge in [0.2, 0.25) is 11.8 Å². The van der Waals surface area contributed by atoms with Crippen LogP contribution in [0.5, 0.6) is 5.75 Å². The minimum absolute atomic E-state index is 0.0887. The molecule has 2 heterocycles. The Labute approximate surface area is 213 Å². The number of aromatic nitrogens is 1. The van der Waals surface area contributed by atoms with Gasteiger partial charge < -0.3 is 19.9 Å². The highest BCUT2D eigenvalue weighted by atomic mass is 16.5. The number of nitrogens with zero attached hydrogens (tertiary/aromatic N) is 1. The SMILES string of the molecule is CC.CC(=O)N1Cc2[nH]c3ccccc3c2CC1C(=O)NCc1ccccc1.COc1ccccc1. The number of rotatable bonds is 4. The fourth-order valence-corrected chi connectivity index (χ4v) is 4.23. The third-order valence-electron chi connectivity index (χ3n) is 6.00. The molecular formula is C30H35N3O3. The van der Waals surface area contributed by atoms with Crippen LogP contribution in [0.1, 0.15) is 37.6 Å². The zero-order valence-corrected chi connectivity index (χ0v) is 21.5. The number of fused-ring (bicyclic) bond motifs is 3. The number of aromatic amines is 1. The predicted molar refractivity (Wildman–Crippen MR) is 145 cm³/mol. The lowest BCUT2D eigenvalue weighted by molar-refractivity contribution is -0.140. The molecular weight excluding hydrogens is 450 g/mol. The Kier molecular flexibility index (Phi) is 9.69. The summed E-state index contributed by atoms with van der Waals surface area (Å²) in [7, 11) is 1.66. The lowest BCUT2D eigenvalue weighted by Gasteiger charge is -2.34. The second-order valence-corrected chi connectivity index (χ2v) is 8.22. The number of carbonyl (C=O) groups is 2. The normalized spacial score (nSPS) is 13.9. The van der Waals surface area contributed by atoms with Gasteiger partial charge in [-0.15, -0.1) is 0 Å². The van der Waals surface area contributed by atoms with Crippen molar-refractivity contribution in [3.63, 3.8) is 0 Å². The van der Waals surface area contributed by atoms with Crippen molar-refractivity contribution in [2.24, 2.45) is 0 Å². The van der Waals surface area contributed by atoms with Crippen molar-refractivity contribution in [1.29, 1.82) is 0 Å². The van der Waals surface area contributed by atoms with Crippen LogP contribution in [0.3, 0.4) is 0 Å². The molecule has 0 fully saturated rings. The molecule has 1 aliphatic heterocycles. The number of amides is 2. The summed E-state index contributed by atoms with van der Waals surface area (Å²) in [5, 5.41) is 4.11. The van der Waals surface area contributed by atoms with Crippen LogP contribution >= 0.6 is 0 Å². The first-order valence-corrected chi connectivity index (χ1v) is 12.3. The van der Waals surface area contributed by atoms with Crippen LogP contribution in [-0.2, 0) is 29.1 Å². The summed E-state index contributed by atoms with van der Waals surface area (Å²) in [5.74, 6) is 0.710. The van der Waals surface area contributed by atoms with Crippen molar-refractivity contribution in [1.82, 2.24) is 15.2 Å². The minimum Gasteiger partial charge on any atom is -0.497 e. The molecule has 1 aliphatic rings. The van der Waals surface area contributed by atoms with Gasteiger partial charge in [-0.25, -0.2) is 0 Å². The highest BCUT2D eigenvalue weighted by molar-refractivity contribution is 5.91. The van der Waals surface area contributed by atoms with E-state index in [2.05, 4.69) is 16.4 Å². The number of ether oxygens (including phenoxy) is 1. The van der Waals surface area contributed by atoms with Crippen LogP contribution in [0.15, 0.2) is 84.9 Å². The maximum atomic E-state index is 12.8. The smallest absolute Gasteiger partial charge is 0.243 e. The van der Waals surface area contributed by atoms with Crippen LogP contribution in [0.25, 0.3) is 10.9 Å². The van der Waals surface area contributed by atoms with E-state index in [1.165, 1.54) is 6.92 Å². The fraction of sp³-hybridized carbons (Fsp3) is 0.267. The van der Waals surface area contributed by atoms with Crippen molar-refractivity contribution in [3.05, 3.63) is 102 Å². The number of hydrogen-bond donors (Lipinski definition) is 2. The second-order valence-electron chi connectivity index (χ2n) is 8.22. The van der Waals surface area contributed by atoms with Crippen LogP contribution < -0.4 is 10.1 Å². The van der Waals surface area contributed by atoms with Gasteiger partial charge in [0.1, 0.15) is 11.8 Å². The van der Waals surface area contributed by atoms with Crippen molar-refractivity contribution in [2.45, 2.75) is 46.3 Å². The Hall–Kier alpha value is -4.06. The highest BCUT2D eigenvalue weighted by Crippen LogP contribution is 2.30. The summed E-state index contributed by atoms with van der Waals surface area (Å²) >= 11 is 0. The molecule has 0 aliphatic carbocycles. The van der Waals surface area contributed by atoms with Gasteiger partial charge >= 0.3 is 0 Å². The number of carbonyl (C=O) groups excluding carboxylic acids is 2. The lowest BCUT2D eigenvalue weighted by Crippen LogP contribution is -2.51. The first kappa shape index (κ1) is 26.5. The fourth-order valence-electron chi connectivity index (χ4n) is 4.23. The van der Waals surface area contributed by atoms with E-state index in [-0.39, 0.29) is 11.8 Å². The molecule has 0 spiro atoms. The van der Waals surface area contributed by atoms with Crippen LogP contribution in [-0.4, -0.2) is 34.8 Å². The molecule has 0 saturated heterocycles. The number of H-pyrrole nitrogens is 1. The molecule has 0 radical (unpaired) electrons. The third kappa shape index (κ3) is 6.54. The van der Waals surface area contributed by atoms with E-state index < -0.39 is 6.04 Å². The average Bonchev–Trinajstić information content (AvgIpc) is 3.31. The van der Waals surface area contributed by atoms with Gasteiger partial charge in [-0.1, -0.05) is 80.6 Å². The zero-order valence-electron chi connectivity index (χ0n) is 21.5. The van der Waals surface area contributed by atoms with Crippen molar-refractivity contribution in [3.8, 4) is 5.75 Å². The Bertz CT molecular complexity index is 1250. The van der Waals surface area contributed by atoms with E-state index in [1.54, 1.807) is 12.0 Å². The van der Waals surface area contributed by atoms with E-state index >= 15 is 0 Å². The summed E-state index contributed by atoms with van der Waals surface area (Å²) < 4.78 is 4.91. The van der Waals surface area contributed by atoms with E-state index in [4.69, 9.17) is 4.74 Å². The highest BCUT2D eigenvalue weighted by Gasteiger charge is 2.34. The molecule has 1 aromatic heterocycles. The number of hydrogen-bond acceptors (Lipinski definition) is 3. The average molecular weight is 486 g/mol. The topological polar surface area (TPSA) is 74.4 Å². The minimum atomic E-state index is -0.483. The van der Waals surface area contributed by atoms with E-state index in [0.29, 0.717) is 19.5 Å². The maximum Gasteiger partial charge on any atom is 0.243 e. The molecule has 6 nitrogen and oxygen atoms in total. The zero-order chi connectivity index (χ0) is 25.9. The summed E-state index contributed by atoms with van der Waals surface area (Å²) in [5.41, 5.74) is 4.25. The van der Waals surface area contributed by atoms with Gasteiger partial charge in [-0.2, -0.15) is 0 Å². The number of methoxy groups -OCH3 is 1. The van der Waals surface area contributed by atoms with Crippen molar-refractivity contribution in [2.75, 3.05) is 7.11 Å². The molecule has 3 aromatic carbocycles. The molecule has 6 heteroatoms. The molecule has 1 atom stereocenters. The van der Waals surface area contributed by atoms with Crippen molar-refractivity contribution < 1.29 is 14.3 Å². The standard InChI is InChI=1S/C21H21N3O2.C7H8O.C2H6/c1-14(25)24-13-19-17(16-9-5-6-10-18(16)23-19)11-20(24)21(26)22-12-15-7-3-2-4-8-15;1-8-7-5-3-2-4-6-7;1-2/h2-10,20,23H,11-13H2,1H3,(H,22,26);2-6H,1H3;1-2H3. The molecule has 5 rings (SSSR count). The monoisotopic (exact) mass is 485 g/mol. The van der Waals surface area contributed by atoms with Gasteiger partial charge in [0.25, 0.3) is 0 Å². The molecule has 0 bridgehead atoms. The van der Waals surface area contributed by atoms with Gasteiger partial charge in [-0.3, -0.25) is 9.59 Å². The maximum absolute atomic E-state index is 12.8. The van der Waals surface area contributed by atoms with E-state index in [1.807, 2.05) is 92.7 Å². The molecule has 2 amide bonds. The summed E-state index contributed by atoms with van der Waals surface area (Å²) in [6.07, 6.45) is 0.527. The van der Waals surface area contributed by atoms with Gasteiger partial charge in [0, 0.05) is 36.5 Å². The molecule has 1 unspecified atom stereocenters. The summed E-state index contributed by atoms with van der Waals surface area (Å²) in [6, 6.07) is 27.1. The molecule has 4 aromatic rings. The molecule has 2 N–H and O–H groups in total. The molecule has 188 valence electrons. The number of nitrogens with one attached hydrogen (secondary N) is 2. The predicted octanol–water partition coefficient (Wildman–Crippen LogP) is 5.48. The second kappa shape index (κ2) is 13.1. The van der Waals surface area contributed by atoms with E-state index in [0.717, 1.165) is 33.5 Å². The van der Waals surface area contributed by atoms with Crippen LogP contribution in [0, 0.1) is 0 Å². The Balaban J connectivity index is 0.000000305. The Morgan fingerprint density at radius 3 is 2.17 bits per heavy atom. The largest absolute Gasteiger partial charge is 0.497 e. The van der Waals surface area contributed by atoms with Crippen LogP contribution in [0.2, 0.25) is 0 Å². The number of benzene rings is 3. The lowest BCUT2D eigenvalue weighted by atomic mass is 9.96.